The summed E-state index contributed by atoms with van der Waals surface area (Å²) in [6, 6.07) is 3.94. The van der Waals surface area contributed by atoms with Crippen molar-refractivity contribution in [3.05, 3.63) is 38.8 Å². The monoisotopic (exact) mass is 373 g/mol. The Morgan fingerprint density at radius 3 is 2.85 bits per heavy atom. The number of nitrogens with one attached hydrogen (secondary N) is 3. The highest BCUT2D eigenvalue weighted by molar-refractivity contribution is 7.13. The van der Waals surface area contributed by atoms with Crippen molar-refractivity contribution >= 4 is 23.2 Å². The summed E-state index contributed by atoms with van der Waals surface area (Å²) in [7, 11) is 0. The van der Waals surface area contributed by atoms with Gasteiger partial charge in [0, 0.05) is 54.8 Å². The van der Waals surface area contributed by atoms with E-state index >= 15 is 0 Å². The normalized spacial score (nSPS) is 17.8. The lowest BCUT2D eigenvalue weighted by Gasteiger charge is -2.32. The summed E-state index contributed by atoms with van der Waals surface area (Å²) in [4.78, 5) is 28.8. The molecule has 2 amide bonds. The smallest absolute Gasteiger partial charge is 0.274 e. The van der Waals surface area contributed by atoms with Crippen molar-refractivity contribution in [3.63, 3.8) is 0 Å². The molecule has 1 saturated heterocycles. The zero-order valence-corrected chi connectivity index (χ0v) is 15.6. The van der Waals surface area contributed by atoms with Gasteiger partial charge in [-0.3, -0.25) is 14.7 Å². The quantitative estimate of drug-likeness (QED) is 0.760. The van der Waals surface area contributed by atoms with Crippen LogP contribution < -0.4 is 10.6 Å². The summed E-state index contributed by atoms with van der Waals surface area (Å²) in [5.74, 6) is -0.0230. The molecule has 0 atom stereocenters. The predicted molar refractivity (Wildman–Crippen MR) is 99.4 cm³/mol. The molecule has 26 heavy (non-hydrogen) atoms. The molecule has 0 aliphatic carbocycles. The molecular weight excluding hydrogens is 350 g/mol. The minimum absolute atomic E-state index is 0.00939. The zero-order chi connectivity index (χ0) is 18.1. The number of piperidine rings is 1. The zero-order valence-electron chi connectivity index (χ0n) is 14.8. The average molecular weight is 373 g/mol. The number of carbonyl (C=O) groups excluding carboxylic acids is 2. The van der Waals surface area contributed by atoms with E-state index in [1.807, 2.05) is 24.0 Å². The fraction of sp³-hybridized carbons (Fsp3) is 0.500. The summed E-state index contributed by atoms with van der Waals surface area (Å²) >= 11 is 1.51. The lowest BCUT2D eigenvalue weighted by molar-refractivity contribution is 0.0691. The summed E-state index contributed by atoms with van der Waals surface area (Å²) < 4.78 is 0. The molecule has 2 aromatic heterocycles. The van der Waals surface area contributed by atoms with Gasteiger partial charge in [-0.1, -0.05) is 0 Å². The van der Waals surface area contributed by atoms with Crippen LogP contribution in [0.4, 0.5) is 0 Å². The second kappa shape index (κ2) is 7.20. The summed E-state index contributed by atoms with van der Waals surface area (Å²) in [6.07, 6.45) is 2.42. The van der Waals surface area contributed by atoms with E-state index in [1.165, 1.54) is 11.3 Å². The summed E-state index contributed by atoms with van der Waals surface area (Å²) in [6.45, 7) is 4.89. The molecule has 3 N–H and O–H groups in total. The maximum Gasteiger partial charge on any atom is 0.274 e. The third-order valence-corrected chi connectivity index (χ3v) is 6.09. The topological polar surface area (TPSA) is 90.1 Å². The lowest BCUT2D eigenvalue weighted by Crippen LogP contribution is -2.46. The van der Waals surface area contributed by atoms with Gasteiger partial charge in [0.15, 0.2) is 5.69 Å². The number of likely N-dealkylation sites (tertiary alicyclic amines) is 1. The first-order valence-electron chi connectivity index (χ1n) is 9.05. The van der Waals surface area contributed by atoms with Crippen molar-refractivity contribution in [3.8, 4) is 0 Å². The van der Waals surface area contributed by atoms with E-state index in [4.69, 9.17) is 0 Å². The number of aryl methyl sites for hydroxylation is 1. The molecule has 4 heterocycles. The minimum Gasteiger partial charge on any atom is -0.348 e. The predicted octanol–water partition coefficient (Wildman–Crippen LogP) is 1.46. The molecule has 0 unspecified atom stereocenters. The second-order valence-electron chi connectivity index (χ2n) is 6.91. The van der Waals surface area contributed by atoms with Gasteiger partial charge in [-0.25, -0.2) is 0 Å². The molecule has 4 rings (SSSR count). The molecule has 0 saturated carbocycles. The number of thiophene rings is 1. The third-order valence-electron chi connectivity index (χ3n) is 5.09. The Bertz CT molecular complexity index is 819. The number of nitrogens with zero attached hydrogens (tertiary/aromatic N) is 2. The van der Waals surface area contributed by atoms with Gasteiger partial charge in [-0.2, -0.15) is 5.10 Å². The number of aromatic nitrogens is 2. The van der Waals surface area contributed by atoms with E-state index in [0.29, 0.717) is 25.3 Å². The molecule has 0 spiro atoms. The Hall–Kier alpha value is -2.19. The first-order valence-corrected chi connectivity index (χ1v) is 9.87. The van der Waals surface area contributed by atoms with E-state index in [9.17, 15) is 9.59 Å². The highest BCUT2D eigenvalue weighted by atomic mass is 32.1. The van der Waals surface area contributed by atoms with Gasteiger partial charge in [-0.15, -0.1) is 11.3 Å². The Labute approximate surface area is 156 Å². The molecule has 8 heteroatoms. The SMILES string of the molecule is Cc1ccc(C(=O)NC2CCN(C(=O)c3n[nH]c4c3CNCC4)CC2)s1. The summed E-state index contributed by atoms with van der Waals surface area (Å²) in [5.41, 5.74) is 2.62. The van der Waals surface area contributed by atoms with E-state index in [0.717, 1.165) is 46.8 Å². The van der Waals surface area contributed by atoms with Crippen molar-refractivity contribution < 1.29 is 9.59 Å². The number of rotatable bonds is 3. The first-order chi connectivity index (χ1) is 12.6. The van der Waals surface area contributed by atoms with E-state index in [2.05, 4.69) is 20.8 Å². The molecular formula is C18H23N5O2S. The average Bonchev–Trinajstić information content (AvgIpc) is 3.28. The van der Waals surface area contributed by atoms with Crippen LogP contribution in [0.1, 0.15) is 49.1 Å². The van der Waals surface area contributed by atoms with Gasteiger partial charge in [0.1, 0.15) is 0 Å². The Morgan fingerprint density at radius 1 is 1.31 bits per heavy atom. The number of H-pyrrole nitrogens is 1. The van der Waals surface area contributed by atoms with Crippen LogP contribution in [-0.4, -0.2) is 52.6 Å². The molecule has 0 bridgehead atoms. The van der Waals surface area contributed by atoms with Crippen LogP contribution in [0.3, 0.4) is 0 Å². The maximum atomic E-state index is 12.8. The molecule has 2 aliphatic rings. The third kappa shape index (κ3) is 3.39. The molecule has 0 radical (unpaired) electrons. The number of carbonyl (C=O) groups is 2. The van der Waals surface area contributed by atoms with Crippen LogP contribution in [0.5, 0.6) is 0 Å². The van der Waals surface area contributed by atoms with Crippen LogP contribution in [0, 0.1) is 6.92 Å². The van der Waals surface area contributed by atoms with Crippen LogP contribution in [0.2, 0.25) is 0 Å². The Morgan fingerprint density at radius 2 is 2.12 bits per heavy atom. The highest BCUT2D eigenvalue weighted by Gasteiger charge is 2.29. The first kappa shape index (κ1) is 17.2. The van der Waals surface area contributed by atoms with Gasteiger partial charge in [0.25, 0.3) is 11.8 Å². The van der Waals surface area contributed by atoms with E-state index in [1.54, 1.807) is 0 Å². The van der Waals surface area contributed by atoms with E-state index < -0.39 is 0 Å². The van der Waals surface area contributed by atoms with Crippen molar-refractivity contribution in [2.45, 2.75) is 38.8 Å². The Kier molecular flexibility index (Phi) is 4.78. The summed E-state index contributed by atoms with van der Waals surface area (Å²) in [5, 5.41) is 13.7. The van der Waals surface area contributed by atoms with Crippen LogP contribution in [0.25, 0.3) is 0 Å². The molecule has 1 fully saturated rings. The van der Waals surface area contributed by atoms with Gasteiger partial charge < -0.3 is 15.5 Å². The van der Waals surface area contributed by atoms with Crippen molar-refractivity contribution in [2.24, 2.45) is 0 Å². The fourth-order valence-electron chi connectivity index (χ4n) is 3.59. The van der Waals surface area contributed by atoms with Crippen LogP contribution in [0.15, 0.2) is 12.1 Å². The number of hydrogen-bond acceptors (Lipinski definition) is 5. The highest BCUT2D eigenvalue weighted by Crippen LogP contribution is 2.20. The van der Waals surface area contributed by atoms with Crippen LogP contribution in [-0.2, 0) is 13.0 Å². The van der Waals surface area contributed by atoms with Gasteiger partial charge >= 0.3 is 0 Å². The molecule has 7 nitrogen and oxygen atoms in total. The molecule has 2 aromatic rings. The Balaban J connectivity index is 1.34. The molecule has 2 aliphatic heterocycles. The van der Waals surface area contributed by atoms with Crippen molar-refractivity contribution in [1.29, 1.82) is 0 Å². The van der Waals surface area contributed by atoms with Gasteiger partial charge in [0.2, 0.25) is 0 Å². The molecule has 0 aromatic carbocycles. The van der Waals surface area contributed by atoms with Crippen LogP contribution >= 0.6 is 11.3 Å². The van der Waals surface area contributed by atoms with Crippen molar-refractivity contribution in [1.82, 2.24) is 25.7 Å². The lowest BCUT2D eigenvalue weighted by atomic mass is 10.0. The largest absolute Gasteiger partial charge is 0.348 e. The van der Waals surface area contributed by atoms with Gasteiger partial charge in [-0.05, 0) is 31.9 Å². The second-order valence-corrected chi connectivity index (χ2v) is 8.19. The van der Waals surface area contributed by atoms with Gasteiger partial charge in [0.05, 0.1) is 4.88 Å². The minimum atomic E-state index is -0.0136. The number of fused-ring (bicyclic) bond motifs is 1. The number of aromatic amines is 1. The number of hydrogen-bond donors (Lipinski definition) is 3. The fourth-order valence-corrected chi connectivity index (χ4v) is 4.36. The number of amides is 2. The maximum absolute atomic E-state index is 12.8. The molecule has 138 valence electrons. The van der Waals surface area contributed by atoms with E-state index in [-0.39, 0.29) is 17.9 Å². The van der Waals surface area contributed by atoms with Crippen molar-refractivity contribution in [2.75, 3.05) is 19.6 Å². The standard InChI is InChI=1S/C18H23N5O2S/c1-11-2-3-15(26-11)17(24)20-12-5-8-23(9-6-12)18(25)16-13-10-19-7-4-14(13)21-22-16/h2-3,12,19H,4-10H2,1H3,(H,20,24)(H,21,22).